The molecule has 0 aliphatic carbocycles. The van der Waals surface area contributed by atoms with Gasteiger partial charge in [-0.05, 0) is 24.1 Å². The number of nitrogens with one attached hydrogen (secondary N) is 1. The summed E-state index contributed by atoms with van der Waals surface area (Å²) in [6.45, 7) is -0.232. The summed E-state index contributed by atoms with van der Waals surface area (Å²) in [6, 6.07) is 7.68. The van der Waals surface area contributed by atoms with Crippen LogP contribution in [0.1, 0.15) is 6.42 Å². The SMILES string of the molecule is CS(=O)(=O)C(CCn1cc(F)c(-c2ccc(-c3ncco3)cc2)cc1=O)C(=O)NO. The first-order valence-electron chi connectivity index (χ1n) is 8.74. The van der Waals surface area contributed by atoms with E-state index in [-0.39, 0.29) is 18.5 Å². The molecule has 1 unspecified atom stereocenters. The van der Waals surface area contributed by atoms with Gasteiger partial charge in [0.05, 0.1) is 6.20 Å². The second-order valence-corrected chi connectivity index (χ2v) is 8.79. The molecule has 2 aromatic heterocycles. The average molecular weight is 435 g/mol. The third-order valence-electron chi connectivity index (χ3n) is 4.50. The fraction of sp³-hybridized carbons (Fsp3) is 0.211. The minimum atomic E-state index is -3.84. The number of nitrogens with zero attached hydrogens (tertiary/aromatic N) is 2. The quantitative estimate of drug-likeness (QED) is 0.426. The number of sulfone groups is 1. The minimum absolute atomic E-state index is 0.0722. The number of amides is 1. The van der Waals surface area contributed by atoms with E-state index in [4.69, 9.17) is 9.62 Å². The van der Waals surface area contributed by atoms with E-state index in [0.717, 1.165) is 23.1 Å². The zero-order valence-electron chi connectivity index (χ0n) is 15.8. The Hall–Kier alpha value is -3.31. The molecule has 0 spiro atoms. The Bertz CT molecular complexity index is 1200. The van der Waals surface area contributed by atoms with E-state index >= 15 is 0 Å². The van der Waals surface area contributed by atoms with Crippen molar-refractivity contribution in [2.45, 2.75) is 18.2 Å². The highest BCUT2D eigenvalue weighted by Gasteiger charge is 2.28. The molecule has 3 aromatic rings. The van der Waals surface area contributed by atoms with Gasteiger partial charge < -0.3 is 8.98 Å². The number of halogens is 1. The van der Waals surface area contributed by atoms with E-state index in [1.54, 1.807) is 24.3 Å². The third kappa shape index (κ3) is 4.63. The van der Waals surface area contributed by atoms with Crippen LogP contribution in [-0.4, -0.2) is 40.6 Å². The van der Waals surface area contributed by atoms with Gasteiger partial charge >= 0.3 is 0 Å². The van der Waals surface area contributed by atoms with Gasteiger partial charge in [-0.2, -0.15) is 0 Å². The van der Waals surface area contributed by atoms with E-state index in [2.05, 4.69) is 4.98 Å². The molecule has 1 aromatic carbocycles. The van der Waals surface area contributed by atoms with Gasteiger partial charge in [0.15, 0.2) is 9.84 Å². The third-order valence-corrected chi connectivity index (χ3v) is 5.99. The second-order valence-electron chi connectivity index (χ2n) is 6.56. The number of oxazole rings is 1. The van der Waals surface area contributed by atoms with E-state index in [0.29, 0.717) is 17.0 Å². The summed E-state index contributed by atoms with van der Waals surface area (Å²) < 4.78 is 44.2. The number of hydrogen-bond acceptors (Lipinski definition) is 7. The molecular weight excluding hydrogens is 417 g/mol. The zero-order chi connectivity index (χ0) is 21.9. The maximum atomic E-state index is 14.6. The standard InChI is InChI=1S/C19H18FN3O6S/c1-30(27,28)16(18(25)22-26)6-8-23-11-15(20)14(10-17(23)24)12-2-4-13(5-3-12)19-21-7-9-29-19/h2-5,7,9-11,16,26H,6,8H2,1H3,(H,22,25). The summed E-state index contributed by atoms with van der Waals surface area (Å²) in [5.74, 6) is -1.40. The molecule has 30 heavy (non-hydrogen) atoms. The van der Waals surface area contributed by atoms with Gasteiger partial charge in [-0.15, -0.1) is 0 Å². The molecule has 1 atom stereocenters. The first-order chi connectivity index (χ1) is 14.2. The summed E-state index contributed by atoms with van der Waals surface area (Å²) in [5, 5.41) is 7.13. The van der Waals surface area contributed by atoms with Gasteiger partial charge in [0, 0.05) is 36.2 Å². The van der Waals surface area contributed by atoms with Crippen LogP contribution in [0.3, 0.4) is 0 Å². The maximum absolute atomic E-state index is 14.6. The predicted octanol–water partition coefficient (Wildman–Crippen LogP) is 1.62. The molecule has 2 N–H and O–H groups in total. The van der Waals surface area contributed by atoms with Crippen LogP contribution in [0.5, 0.6) is 0 Å². The Balaban J connectivity index is 1.83. The van der Waals surface area contributed by atoms with Crippen molar-refractivity contribution in [3.8, 4) is 22.6 Å². The number of aryl methyl sites for hydroxylation is 1. The summed E-state index contributed by atoms with van der Waals surface area (Å²) in [6.07, 6.45) is 4.41. The number of carbonyl (C=O) groups is 1. The van der Waals surface area contributed by atoms with Gasteiger partial charge in [-0.1, -0.05) is 12.1 Å². The molecule has 2 heterocycles. The topological polar surface area (TPSA) is 131 Å². The van der Waals surface area contributed by atoms with E-state index in [1.165, 1.54) is 17.9 Å². The van der Waals surface area contributed by atoms with Crippen LogP contribution < -0.4 is 11.0 Å². The molecule has 11 heteroatoms. The number of carbonyl (C=O) groups excluding carboxylic acids is 1. The van der Waals surface area contributed by atoms with Crippen LogP contribution in [0.25, 0.3) is 22.6 Å². The van der Waals surface area contributed by atoms with Crippen molar-refractivity contribution in [1.82, 2.24) is 15.0 Å². The Kier molecular flexibility index (Phi) is 6.13. The normalized spacial score (nSPS) is 12.5. The molecule has 1 amide bonds. The molecule has 0 aliphatic heterocycles. The summed E-state index contributed by atoms with van der Waals surface area (Å²) in [7, 11) is -3.84. The summed E-state index contributed by atoms with van der Waals surface area (Å²) in [5.41, 5.74) is 1.94. The first-order valence-corrected chi connectivity index (χ1v) is 10.7. The van der Waals surface area contributed by atoms with Crippen molar-refractivity contribution < 1.29 is 27.2 Å². The van der Waals surface area contributed by atoms with E-state index in [1.807, 2.05) is 0 Å². The Morgan fingerprint density at radius 2 is 1.97 bits per heavy atom. The van der Waals surface area contributed by atoms with Gasteiger partial charge in [0.1, 0.15) is 17.3 Å². The highest BCUT2D eigenvalue weighted by molar-refractivity contribution is 7.92. The van der Waals surface area contributed by atoms with Crippen molar-refractivity contribution in [2.24, 2.45) is 0 Å². The lowest BCUT2D eigenvalue weighted by Crippen LogP contribution is -2.39. The highest BCUT2D eigenvalue weighted by Crippen LogP contribution is 2.25. The largest absolute Gasteiger partial charge is 0.445 e. The van der Waals surface area contributed by atoms with Crippen molar-refractivity contribution in [3.05, 3.63) is 65.2 Å². The lowest BCUT2D eigenvalue weighted by molar-refractivity contribution is -0.128. The Labute approximate surface area is 170 Å². The molecule has 0 aliphatic rings. The van der Waals surface area contributed by atoms with Crippen molar-refractivity contribution in [1.29, 1.82) is 0 Å². The van der Waals surface area contributed by atoms with Gasteiger partial charge in [0.25, 0.3) is 11.5 Å². The molecule has 0 saturated heterocycles. The highest BCUT2D eigenvalue weighted by atomic mass is 32.2. The fourth-order valence-electron chi connectivity index (χ4n) is 2.97. The molecule has 0 bridgehead atoms. The summed E-state index contributed by atoms with van der Waals surface area (Å²) >= 11 is 0. The minimum Gasteiger partial charge on any atom is -0.445 e. The van der Waals surface area contributed by atoms with Crippen LogP contribution in [0.2, 0.25) is 0 Å². The number of hydrogen-bond donors (Lipinski definition) is 2. The number of rotatable bonds is 7. The fourth-order valence-corrected chi connectivity index (χ4v) is 3.94. The van der Waals surface area contributed by atoms with Crippen molar-refractivity contribution >= 4 is 15.7 Å². The number of benzene rings is 1. The average Bonchev–Trinajstić information content (AvgIpc) is 3.24. The second kappa shape index (κ2) is 8.59. The lowest BCUT2D eigenvalue weighted by atomic mass is 10.0. The van der Waals surface area contributed by atoms with Crippen molar-refractivity contribution in [2.75, 3.05) is 6.26 Å². The van der Waals surface area contributed by atoms with E-state index in [9.17, 15) is 22.4 Å². The molecule has 0 saturated carbocycles. The Morgan fingerprint density at radius 1 is 1.30 bits per heavy atom. The van der Waals surface area contributed by atoms with Crippen LogP contribution in [0.15, 0.2) is 58.2 Å². The Morgan fingerprint density at radius 3 is 2.53 bits per heavy atom. The maximum Gasteiger partial charge on any atom is 0.261 e. The molecule has 9 nitrogen and oxygen atoms in total. The monoisotopic (exact) mass is 435 g/mol. The molecule has 0 fully saturated rings. The number of pyridine rings is 1. The molecular formula is C19H18FN3O6S. The van der Waals surface area contributed by atoms with Crippen LogP contribution in [0.4, 0.5) is 4.39 Å². The predicted molar refractivity (Wildman–Crippen MR) is 105 cm³/mol. The van der Waals surface area contributed by atoms with Crippen LogP contribution >= 0.6 is 0 Å². The first kappa shape index (κ1) is 21.4. The number of hydroxylamine groups is 1. The zero-order valence-corrected chi connectivity index (χ0v) is 16.6. The number of aromatic nitrogens is 2. The van der Waals surface area contributed by atoms with E-state index < -0.39 is 32.4 Å². The van der Waals surface area contributed by atoms with Gasteiger partial charge in [-0.25, -0.2) is 23.3 Å². The smallest absolute Gasteiger partial charge is 0.261 e. The molecule has 3 rings (SSSR count). The summed E-state index contributed by atoms with van der Waals surface area (Å²) in [4.78, 5) is 28.0. The van der Waals surface area contributed by atoms with Crippen LogP contribution in [-0.2, 0) is 21.2 Å². The van der Waals surface area contributed by atoms with Crippen LogP contribution in [0, 0.1) is 5.82 Å². The van der Waals surface area contributed by atoms with Crippen molar-refractivity contribution in [3.63, 3.8) is 0 Å². The lowest BCUT2D eigenvalue weighted by Gasteiger charge is -2.14. The molecule has 158 valence electrons. The van der Waals surface area contributed by atoms with Gasteiger partial charge in [0.2, 0.25) is 5.89 Å². The molecule has 0 radical (unpaired) electrons. The van der Waals surface area contributed by atoms with Gasteiger partial charge in [-0.3, -0.25) is 14.8 Å².